The minimum Gasteiger partial charge on any atom is -0.493 e. The molecule has 3 aromatic carbocycles. The van der Waals surface area contributed by atoms with Crippen LogP contribution in [0.1, 0.15) is 61.4 Å². The molecule has 4 rings (SSSR count). The quantitative estimate of drug-likeness (QED) is 0.461. The molecule has 3 aromatic rings. The van der Waals surface area contributed by atoms with Crippen molar-refractivity contribution in [2.45, 2.75) is 58.1 Å². The molecule has 1 amide bonds. The lowest BCUT2D eigenvalue weighted by molar-refractivity contribution is 0.0933. The Kier molecular flexibility index (Phi) is 7.08. The maximum absolute atomic E-state index is 12.9. The molecule has 1 aliphatic carbocycles. The van der Waals surface area contributed by atoms with E-state index in [2.05, 4.69) is 23.5 Å². The summed E-state index contributed by atoms with van der Waals surface area (Å²) < 4.78 is 12.0. The monoisotopic (exact) mass is 417 g/mol. The minimum absolute atomic E-state index is 0.0126. The van der Waals surface area contributed by atoms with Crippen LogP contribution in [0.2, 0.25) is 0 Å². The number of hydrogen-bond donors (Lipinski definition) is 1. The van der Waals surface area contributed by atoms with Crippen molar-refractivity contribution in [3.63, 3.8) is 0 Å². The van der Waals surface area contributed by atoms with E-state index in [1.807, 2.05) is 49.4 Å². The number of fused-ring (bicyclic) bond motifs is 1. The van der Waals surface area contributed by atoms with Crippen LogP contribution in [-0.4, -0.2) is 18.6 Å². The molecule has 0 atom stereocenters. The molecule has 162 valence electrons. The third-order valence-corrected chi connectivity index (χ3v) is 5.95. The number of amides is 1. The van der Waals surface area contributed by atoms with Gasteiger partial charge >= 0.3 is 0 Å². The maximum Gasteiger partial charge on any atom is 0.251 e. The lowest BCUT2D eigenvalue weighted by Crippen LogP contribution is -2.34. The molecule has 0 saturated heterocycles. The van der Waals surface area contributed by atoms with E-state index in [0.717, 1.165) is 40.7 Å². The van der Waals surface area contributed by atoms with E-state index in [0.29, 0.717) is 18.8 Å². The van der Waals surface area contributed by atoms with E-state index in [1.54, 1.807) is 0 Å². The number of benzene rings is 3. The fourth-order valence-corrected chi connectivity index (χ4v) is 4.30. The lowest BCUT2D eigenvalue weighted by atomic mass is 10.1. The number of nitrogens with one attached hydrogen (secondary N) is 1. The molecule has 0 aliphatic heterocycles. The summed E-state index contributed by atoms with van der Waals surface area (Å²) in [4.78, 5) is 12.9. The normalized spacial score (nSPS) is 14.7. The average molecular weight is 418 g/mol. The Morgan fingerprint density at radius 2 is 1.68 bits per heavy atom. The third kappa shape index (κ3) is 5.38. The minimum atomic E-state index is -0.0126. The van der Waals surface area contributed by atoms with E-state index in [1.165, 1.54) is 25.7 Å². The zero-order chi connectivity index (χ0) is 21.5. The van der Waals surface area contributed by atoms with Crippen molar-refractivity contribution in [3.05, 3.63) is 71.8 Å². The van der Waals surface area contributed by atoms with Crippen molar-refractivity contribution in [1.82, 2.24) is 5.32 Å². The number of ether oxygens (including phenoxy) is 2. The Morgan fingerprint density at radius 1 is 0.903 bits per heavy atom. The van der Waals surface area contributed by atoms with Crippen molar-refractivity contribution in [3.8, 4) is 11.5 Å². The molecular formula is C27H31NO3. The molecule has 1 saturated carbocycles. The molecule has 1 aliphatic rings. The van der Waals surface area contributed by atoms with Gasteiger partial charge in [-0.2, -0.15) is 0 Å². The van der Waals surface area contributed by atoms with Crippen LogP contribution in [0.25, 0.3) is 10.8 Å². The first-order chi connectivity index (χ1) is 15.2. The first kappa shape index (κ1) is 21.2. The highest BCUT2D eigenvalue weighted by atomic mass is 16.5. The zero-order valence-electron chi connectivity index (χ0n) is 18.2. The summed E-state index contributed by atoms with van der Waals surface area (Å²) in [7, 11) is 0. The average Bonchev–Trinajstić information content (AvgIpc) is 3.07. The largest absolute Gasteiger partial charge is 0.493 e. The van der Waals surface area contributed by atoms with Gasteiger partial charge in [-0.05, 0) is 49.4 Å². The van der Waals surface area contributed by atoms with Crippen LogP contribution in [0.15, 0.2) is 60.7 Å². The van der Waals surface area contributed by atoms with Gasteiger partial charge in [-0.3, -0.25) is 4.79 Å². The van der Waals surface area contributed by atoms with Crippen molar-refractivity contribution in [1.29, 1.82) is 0 Å². The summed E-state index contributed by atoms with van der Waals surface area (Å²) in [5, 5.41) is 5.45. The van der Waals surface area contributed by atoms with Gasteiger partial charge in [0.1, 0.15) is 18.1 Å². The molecular weight excluding hydrogens is 386 g/mol. The maximum atomic E-state index is 12.9. The van der Waals surface area contributed by atoms with Crippen molar-refractivity contribution >= 4 is 16.7 Å². The van der Waals surface area contributed by atoms with Gasteiger partial charge in [0.25, 0.3) is 5.91 Å². The Morgan fingerprint density at radius 3 is 2.48 bits per heavy atom. The molecule has 1 N–H and O–H groups in total. The predicted octanol–water partition coefficient (Wildman–Crippen LogP) is 6.27. The fraction of sp³-hybridized carbons (Fsp3) is 0.370. The van der Waals surface area contributed by atoms with E-state index in [4.69, 9.17) is 9.47 Å². The van der Waals surface area contributed by atoms with Crippen LogP contribution < -0.4 is 14.8 Å². The smallest absolute Gasteiger partial charge is 0.251 e. The second kappa shape index (κ2) is 10.3. The molecule has 4 heteroatoms. The Balaban J connectivity index is 1.52. The van der Waals surface area contributed by atoms with E-state index >= 15 is 0 Å². The second-order valence-corrected chi connectivity index (χ2v) is 8.18. The summed E-state index contributed by atoms with van der Waals surface area (Å²) in [5.41, 5.74) is 1.53. The predicted molar refractivity (Wildman–Crippen MR) is 125 cm³/mol. The number of carbonyl (C=O) groups is 1. The summed E-state index contributed by atoms with van der Waals surface area (Å²) in [6.07, 6.45) is 7.06. The van der Waals surface area contributed by atoms with Crippen molar-refractivity contribution in [2.75, 3.05) is 6.61 Å². The topological polar surface area (TPSA) is 47.6 Å². The molecule has 4 nitrogen and oxygen atoms in total. The Hall–Kier alpha value is -3.01. The van der Waals surface area contributed by atoms with Crippen molar-refractivity contribution < 1.29 is 14.3 Å². The van der Waals surface area contributed by atoms with Crippen molar-refractivity contribution in [2.24, 2.45) is 0 Å². The first-order valence-corrected chi connectivity index (χ1v) is 11.4. The van der Waals surface area contributed by atoms with Gasteiger partial charge in [-0.15, -0.1) is 0 Å². The number of rotatable bonds is 7. The molecule has 0 bridgehead atoms. The highest BCUT2D eigenvalue weighted by Gasteiger charge is 2.17. The fourth-order valence-electron chi connectivity index (χ4n) is 4.30. The van der Waals surface area contributed by atoms with E-state index in [9.17, 15) is 4.79 Å². The van der Waals surface area contributed by atoms with Gasteiger partial charge in [-0.1, -0.05) is 62.1 Å². The van der Waals surface area contributed by atoms with Crippen LogP contribution in [0.5, 0.6) is 11.5 Å². The molecule has 0 heterocycles. The standard InChI is InChI=1S/C27H31NO3/c1-2-30-25-17-16-21(27(29)28-23-12-5-3-4-6-13-23)18-22(25)19-31-26-15-9-11-20-10-7-8-14-24(20)26/h7-11,14-18,23H,2-6,12-13,19H2,1H3,(H,28,29). The molecule has 0 unspecified atom stereocenters. The molecule has 0 radical (unpaired) electrons. The molecule has 1 fully saturated rings. The SMILES string of the molecule is CCOc1ccc(C(=O)NC2CCCCCC2)cc1COc1cccc2ccccc12. The van der Waals surface area contributed by atoms with Gasteiger partial charge in [0.2, 0.25) is 0 Å². The lowest BCUT2D eigenvalue weighted by Gasteiger charge is -2.18. The zero-order valence-corrected chi connectivity index (χ0v) is 18.2. The third-order valence-electron chi connectivity index (χ3n) is 5.95. The van der Waals surface area contributed by atoms with Gasteiger partial charge in [0, 0.05) is 22.6 Å². The summed E-state index contributed by atoms with van der Waals surface area (Å²) in [6, 6.07) is 20.1. The van der Waals surface area contributed by atoms with E-state index in [-0.39, 0.29) is 11.9 Å². The highest BCUT2D eigenvalue weighted by molar-refractivity contribution is 5.94. The van der Waals surface area contributed by atoms with Crippen LogP contribution in [0, 0.1) is 0 Å². The second-order valence-electron chi connectivity index (χ2n) is 8.18. The van der Waals surface area contributed by atoms with Gasteiger partial charge in [-0.25, -0.2) is 0 Å². The Bertz CT molecular complexity index is 1020. The summed E-state index contributed by atoms with van der Waals surface area (Å²) >= 11 is 0. The highest BCUT2D eigenvalue weighted by Crippen LogP contribution is 2.28. The van der Waals surface area contributed by atoms with Gasteiger partial charge in [0.05, 0.1) is 6.61 Å². The number of hydrogen-bond acceptors (Lipinski definition) is 3. The van der Waals surface area contributed by atoms with Crippen LogP contribution in [0.3, 0.4) is 0 Å². The molecule has 0 spiro atoms. The summed E-state index contributed by atoms with van der Waals surface area (Å²) in [6.45, 7) is 2.87. The van der Waals surface area contributed by atoms with E-state index < -0.39 is 0 Å². The number of carbonyl (C=O) groups excluding carboxylic acids is 1. The molecule has 31 heavy (non-hydrogen) atoms. The van der Waals surface area contributed by atoms with Gasteiger partial charge < -0.3 is 14.8 Å². The van der Waals surface area contributed by atoms with Crippen LogP contribution >= 0.6 is 0 Å². The summed E-state index contributed by atoms with van der Waals surface area (Å²) in [5.74, 6) is 1.57. The van der Waals surface area contributed by atoms with Gasteiger partial charge in [0.15, 0.2) is 0 Å². The molecule has 0 aromatic heterocycles. The Labute approximate surface area is 184 Å². The van der Waals surface area contributed by atoms with Crippen LogP contribution in [0.4, 0.5) is 0 Å². The first-order valence-electron chi connectivity index (χ1n) is 11.4. The van der Waals surface area contributed by atoms with Crippen LogP contribution in [-0.2, 0) is 6.61 Å².